The number of hydrogen-bond acceptors (Lipinski definition) is 8. The molecule has 252 valence electrons. The zero-order chi connectivity index (χ0) is 34.4. The third-order valence-electron chi connectivity index (χ3n) is 9.22. The maximum absolute atomic E-state index is 14.1. The van der Waals surface area contributed by atoms with E-state index >= 15 is 0 Å². The lowest BCUT2D eigenvalue weighted by atomic mass is 9.99. The first-order valence-corrected chi connectivity index (χ1v) is 16.3. The summed E-state index contributed by atoms with van der Waals surface area (Å²) in [5.74, 6) is -1.54. The van der Waals surface area contributed by atoms with Crippen molar-refractivity contribution in [2.24, 2.45) is 7.05 Å². The predicted octanol–water partition coefficient (Wildman–Crippen LogP) is 6.70. The van der Waals surface area contributed by atoms with Crippen molar-refractivity contribution >= 4 is 17.7 Å². The van der Waals surface area contributed by atoms with Crippen LogP contribution in [-0.4, -0.2) is 60.5 Å². The van der Waals surface area contributed by atoms with Gasteiger partial charge in [-0.1, -0.05) is 6.07 Å². The number of halogens is 2. The summed E-state index contributed by atoms with van der Waals surface area (Å²) in [5.41, 5.74) is 12.3. The number of nitrogen functional groups attached to an aromatic ring is 1. The van der Waals surface area contributed by atoms with Gasteiger partial charge >= 0.3 is 0 Å². The number of ketones is 1. The summed E-state index contributed by atoms with van der Waals surface area (Å²) < 4.78 is 43.4. The van der Waals surface area contributed by atoms with Gasteiger partial charge < -0.3 is 20.1 Å². The maximum atomic E-state index is 14.1. The van der Waals surface area contributed by atoms with Gasteiger partial charge in [-0.3, -0.25) is 9.48 Å². The number of rotatable bonds is 9. The highest BCUT2D eigenvalue weighted by molar-refractivity contribution is 6.15. The molecule has 0 spiro atoms. The van der Waals surface area contributed by atoms with Crippen molar-refractivity contribution in [3.63, 3.8) is 0 Å². The minimum Gasteiger partial charge on any atom is -0.490 e. The lowest BCUT2D eigenvalue weighted by Gasteiger charge is -2.35. The van der Waals surface area contributed by atoms with Crippen LogP contribution in [0.2, 0.25) is 0 Å². The average molecular weight is 666 g/mol. The Labute approximate surface area is 282 Å². The molecule has 0 unspecified atom stereocenters. The van der Waals surface area contributed by atoms with Crippen LogP contribution in [0.5, 0.6) is 17.4 Å². The number of benzene rings is 2. The molecular weight excluding hydrogens is 628 g/mol. The molecule has 0 amide bonds. The Bertz CT molecular complexity index is 2070. The molecule has 0 saturated carbocycles. The van der Waals surface area contributed by atoms with Gasteiger partial charge in [0.05, 0.1) is 29.8 Å². The number of hydrogen-bond donors (Lipinski definition) is 1. The maximum Gasteiger partial charge on any atom is 0.219 e. The number of allylic oxidation sites excluding steroid dienone is 1. The number of Topliss-reactive ketones (excluding diaryl/α,β-unsaturated/α-hetero) is 1. The first-order chi connectivity index (χ1) is 23.5. The van der Waals surface area contributed by atoms with Gasteiger partial charge in [-0.25, -0.2) is 18.4 Å². The van der Waals surface area contributed by atoms with Crippen LogP contribution < -0.4 is 15.2 Å². The van der Waals surface area contributed by atoms with Crippen LogP contribution >= 0.6 is 0 Å². The van der Waals surface area contributed by atoms with E-state index in [-0.39, 0.29) is 29.1 Å². The van der Waals surface area contributed by atoms with E-state index in [9.17, 15) is 13.6 Å². The minimum atomic E-state index is -0.842. The number of aryl methyl sites for hydroxylation is 2. The number of para-hydroxylation sites is 1. The molecule has 1 aliphatic heterocycles. The fourth-order valence-electron chi connectivity index (χ4n) is 6.47. The Kier molecular flexibility index (Phi) is 8.49. The van der Waals surface area contributed by atoms with Gasteiger partial charge in [0.1, 0.15) is 17.7 Å². The van der Waals surface area contributed by atoms with E-state index in [1.165, 1.54) is 29.2 Å². The number of carbonyl (C=O) groups is 1. The molecule has 0 bridgehead atoms. The number of anilines is 1. The number of pyridine rings is 1. The van der Waals surface area contributed by atoms with Gasteiger partial charge in [-0.15, -0.1) is 0 Å². The summed E-state index contributed by atoms with van der Waals surface area (Å²) >= 11 is 0. The molecule has 5 aromatic rings. The lowest BCUT2D eigenvalue weighted by molar-refractivity contribution is 0.0846. The standard InChI is InChI=1S/C37H37F2N7O3/c1-21(2)45-10-8-27(9-11-45)48-33-16-24-14-25(13-23(24)15-28(33)26-17-42-44(4)20-26)35(47)29-18-43-46(37(29)40)32-19-41-34(12-22(32)3)49-36-30(38)6-5-7-31(36)39/h5-7,12,14-21,27H,8-11,13,40H2,1-4H3. The number of aromatic nitrogens is 5. The molecule has 1 fully saturated rings. The smallest absolute Gasteiger partial charge is 0.219 e. The minimum absolute atomic E-state index is 0.00354. The molecule has 4 heterocycles. The van der Waals surface area contributed by atoms with Crippen molar-refractivity contribution in [2.75, 3.05) is 18.8 Å². The number of nitrogens with zero attached hydrogens (tertiary/aromatic N) is 6. The zero-order valence-corrected chi connectivity index (χ0v) is 27.8. The van der Waals surface area contributed by atoms with E-state index in [1.807, 2.05) is 31.6 Å². The van der Waals surface area contributed by atoms with Crippen LogP contribution in [0.25, 0.3) is 22.9 Å². The third-order valence-corrected chi connectivity index (χ3v) is 9.22. The molecule has 0 radical (unpaired) electrons. The number of fused-ring (bicyclic) bond motifs is 1. The first-order valence-electron chi connectivity index (χ1n) is 16.3. The Morgan fingerprint density at radius 2 is 1.80 bits per heavy atom. The lowest BCUT2D eigenvalue weighted by Crippen LogP contribution is -2.41. The molecule has 1 saturated heterocycles. The summed E-state index contributed by atoms with van der Waals surface area (Å²) in [4.78, 5) is 20.5. The second-order valence-corrected chi connectivity index (χ2v) is 12.9. The van der Waals surface area contributed by atoms with Gasteiger partial charge in [-0.05, 0) is 80.6 Å². The van der Waals surface area contributed by atoms with Crippen molar-refractivity contribution in [3.05, 3.63) is 101 Å². The summed E-state index contributed by atoms with van der Waals surface area (Å²) in [6.45, 7) is 8.18. The number of nitrogens with two attached hydrogens (primary N) is 1. The molecule has 49 heavy (non-hydrogen) atoms. The number of likely N-dealkylation sites (tertiary alicyclic amines) is 1. The SMILES string of the molecule is Cc1cc(Oc2c(F)cccc2F)ncc1-n1ncc(C(=O)C2=Cc3cc(OC4CCN(C(C)C)CC4)c(-c4cnn(C)c4)cc3C2)c1N. The van der Waals surface area contributed by atoms with E-state index in [0.717, 1.165) is 66.1 Å². The third kappa shape index (κ3) is 6.31. The Morgan fingerprint density at radius 1 is 1.04 bits per heavy atom. The van der Waals surface area contributed by atoms with Crippen LogP contribution in [0.1, 0.15) is 53.7 Å². The fraction of sp³-hybridized carbons (Fsp3) is 0.297. The van der Waals surface area contributed by atoms with Crippen molar-refractivity contribution < 1.29 is 23.0 Å². The van der Waals surface area contributed by atoms with Gasteiger partial charge in [-0.2, -0.15) is 10.2 Å². The second kappa shape index (κ2) is 12.9. The summed E-state index contributed by atoms with van der Waals surface area (Å²) in [5, 5.41) is 8.77. The number of piperidine rings is 1. The summed E-state index contributed by atoms with van der Waals surface area (Å²) in [6, 6.07) is 9.62. The fourth-order valence-corrected chi connectivity index (χ4v) is 6.47. The Balaban J connectivity index is 1.12. The van der Waals surface area contributed by atoms with E-state index < -0.39 is 17.4 Å². The predicted molar refractivity (Wildman–Crippen MR) is 182 cm³/mol. The van der Waals surface area contributed by atoms with Gasteiger partial charge in [0.2, 0.25) is 11.6 Å². The monoisotopic (exact) mass is 665 g/mol. The molecule has 10 nitrogen and oxygen atoms in total. The molecule has 7 rings (SSSR count). The molecule has 12 heteroatoms. The van der Waals surface area contributed by atoms with Crippen LogP contribution in [-0.2, 0) is 13.5 Å². The quantitative estimate of drug-likeness (QED) is 0.173. The van der Waals surface area contributed by atoms with Crippen molar-refractivity contribution in [2.45, 2.75) is 52.2 Å². The molecular formula is C37H37F2N7O3. The van der Waals surface area contributed by atoms with E-state index in [2.05, 4.69) is 40.0 Å². The molecule has 1 aliphatic carbocycles. The molecule has 2 aromatic carbocycles. The Morgan fingerprint density at radius 3 is 2.47 bits per heavy atom. The second-order valence-electron chi connectivity index (χ2n) is 12.9. The van der Waals surface area contributed by atoms with Crippen LogP contribution in [0.15, 0.2) is 66.8 Å². The normalized spacial score (nSPS) is 15.0. The number of carbonyl (C=O) groups excluding carboxylic acids is 1. The van der Waals surface area contributed by atoms with Crippen molar-refractivity contribution in [3.8, 4) is 34.2 Å². The molecule has 2 aliphatic rings. The largest absolute Gasteiger partial charge is 0.490 e. The summed E-state index contributed by atoms with van der Waals surface area (Å²) in [7, 11) is 1.88. The topological polar surface area (TPSA) is 113 Å². The van der Waals surface area contributed by atoms with Gasteiger partial charge in [0, 0.05) is 61.6 Å². The zero-order valence-electron chi connectivity index (χ0n) is 27.8. The highest BCUT2D eigenvalue weighted by Gasteiger charge is 2.28. The Hall–Kier alpha value is -5.36. The summed E-state index contributed by atoms with van der Waals surface area (Å²) in [6.07, 6.45) is 11.0. The highest BCUT2D eigenvalue weighted by atomic mass is 19.1. The first kappa shape index (κ1) is 32.2. The molecule has 3 aromatic heterocycles. The van der Waals surface area contributed by atoms with E-state index in [4.69, 9.17) is 15.2 Å². The van der Waals surface area contributed by atoms with Crippen LogP contribution in [0, 0.1) is 18.6 Å². The van der Waals surface area contributed by atoms with Gasteiger partial charge in [0.25, 0.3) is 0 Å². The van der Waals surface area contributed by atoms with E-state index in [0.29, 0.717) is 29.3 Å². The van der Waals surface area contributed by atoms with Crippen LogP contribution in [0.3, 0.4) is 0 Å². The molecule has 2 N–H and O–H groups in total. The van der Waals surface area contributed by atoms with Crippen LogP contribution in [0.4, 0.5) is 14.6 Å². The number of ether oxygens (including phenoxy) is 2. The average Bonchev–Trinajstić information content (AvgIpc) is 3.80. The van der Waals surface area contributed by atoms with Crippen molar-refractivity contribution in [1.29, 1.82) is 0 Å². The van der Waals surface area contributed by atoms with E-state index in [1.54, 1.807) is 11.6 Å². The highest BCUT2D eigenvalue weighted by Crippen LogP contribution is 2.39. The van der Waals surface area contributed by atoms with Crippen molar-refractivity contribution in [1.82, 2.24) is 29.4 Å². The van der Waals surface area contributed by atoms with Gasteiger partial charge in [0.15, 0.2) is 17.4 Å². The molecule has 0 atom stereocenters.